The van der Waals surface area contributed by atoms with Gasteiger partial charge in [-0.25, -0.2) is 0 Å². The summed E-state index contributed by atoms with van der Waals surface area (Å²) < 4.78 is 1.72. The number of pyridine rings is 1. The van der Waals surface area contributed by atoms with Gasteiger partial charge in [-0.05, 0) is 41.8 Å². The van der Waals surface area contributed by atoms with E-state index in [0.29, 0.717) is 28.3 Å². The maximum atomic E-state index is 12.8. The van der Waals surface area contributed by atoms with Crippen LogP contribution in [0.15, 0.2) is 65.5 Å². The minimum Gasteiger partial charge on any atom is -0.345 e. The van der Waals surface area contributed by atoms with Crippen LogP contribution in [0.5, 0.6) is 0 Å². The number of halogens is 1. The van der Waals surface area contributed by atoms with Gasteiger partial charge in [-0.15, -0.1) is 0 Å². The van der Waals surface area contributed by atoms with Crippen LogP contribution in [0.2, 0.25) is 5.02 Å². The third-order valence-electron chi connectivity index (χ3n) is 4.45. The Bertz CT molecular complexity index is 1040. The van der Waals surface area contributed by atoms with E-state index < -0.39 is 0 Å². The van der Waals surface area contributed by atoms with E-state index in [2.05, 4.69) is 0 Å². The Hall–Kier alpha value is -2.85. The van der Waals surface area contributed by atoms with Gasteiger partial charge in [-0.2, -0.15) is 0 Å². The topological polar surface area (TPSA) is 42.3 Å². The second-order valence-electron chi connectivity index (χ2n) is 6.68. The summed E-state index contributed by atoms with van der Waals surface area (Å²) in [5, 5.41) is 0.484. The lowest BCUT2D eigenvalue weighted by atomic mass is 9.99. The number of aromatic nitrogens is 1. The molecule has 0 bridgehead atoms. The Morgan fingerprint density at radius 2 is 1.74 bits per heavy atom. The zero-order chi connectivity index (χ0) is 19.6. The Morgan fingerprint density at radius 3 is 2.37 bits per heavy atom. The smallest absolute Gasteiger partial charge is 0.254 e. The first-order valence-corrected chi connectivity index (χ1v) is 9.01. The maximum absolute atomic E-state index is 12.8. The zero-order valence-corrected chi connectivity index (χ0v) is 16.3. The normalized spacial score (nSPS) is 10.7. The highest BCUT2D eigenvalue weighted by Gasteiger charge is 2.17. The van der Waals surface area contributed by atoms with Gasteiger partial charge in [0.2, 0.25) is 0 Å². The average Bonchev–Trinajstić information content (AvgIpc) is 2.64. The van der Waals surface area contributed by atoms with Gasteiger partial charge in [-0.3, -0.25) is 9.59 Å². The van der Waals surface area contributed by atoms with Crippen molar-refractivity contribution in [3.05, 3.63) is 92.9 Å². The summed E-state index contributed by atoms with van der Waals surface area (Å²) >= 11 is 6.09. The van der Waals surface area contributed by atoms with Gasteiger partial charge in [0.15, 0.2) is 0 Å². The molecule has 0 spiro atoms. The van der Waals surface area contributed by atoms with E-state index in [1.54, 1.807) is 42.9 Å². The molecule has 0 aliphatic heterocycles. The molecule has 0 N–H and O–H groups in total. The van der Waals surface area contributed by atoms with Crippen molar-refractivity contribution in [3.63, 3.8) is 0 Å². The highest BCUT2D eigenvalue weighted by molar-refractivity contribution is 6.31. The largest absolute Gasteiger partial charge is 0.345 e. The summed E-state index contributed by atoms with van der Waals surface area (Å²) in [4.78, 5) is 26.8. The molecular weight excluding hydrogens is 360 g/mol. The Labute approximate surface area is 163 Å². The van der Waals surface area contributed by atoms with Gasteiger partial charge in [0, 0.05) is 36.4 Å². The SMILES string of the molecule is Cc1cc(-c2ccc(Cl)cc2C(=O)N(C)C)cc(=O)n1Cc1ccccc1. The second kappa shape index (κ2) is 7.80. The molecule has 1 heterocycles. The predicted molar refractivity (Wildman–Crippen MR) is 109 cm³/mol. The zero-order valence-electron chi connectivity index (χ0n) is 15.6. The Balaban J connectivity index is 2.07. The van der Waals surface area contributed by atoms with Crippen molar-refractivity contribution in [3.8, 4) is 11.1 Å². The van der Waals surface area contributed by atoms with E-state index in [9.17, 15) is 9.59 Å². The van der Waals surface area contributed by atoms with E-state index in [1.807, 2.05) is 43.3 Å². The van der Waals surface area contributed by atoms with Crippen LogP contribution in [0, 0.1) is 6.92 Å². The highest BCUT2D eigenvalue weighted by atomic mass is 35.5. The van der Waals surface area contributed by atoms with Crippen molar-refractivity contribution in [2.24, 2.45) is 0 Å². The van der Waals surface area contributed by atoms with Gasteiger partial charge in [0.05, 0.1) is 6.54 Å². The standard InChI is InChI=1S/C22H21ClN2O2/c1-15-11-17(12-21(26)25(15)14-16-7-5-4-6-8-16)19-10-9-18(23)13-20(19)22(27)24(2)3/h4-13H,14H2,1-3H3. The first-order valence-electron chi connectivity index (χ1n) is 8.64. The lowest BCUT2D eigenvalue weighted by Gasteiger charge is -2.16. The molecule has 0 radical (unpaired) electrons. The summed E-state index contributed by atoms with van der Waals surface area (Å²) in [5.74, 6) is -0.154. The number of hydrogen-bond donors (Lipinski definition) is 0. The molecule has 4 nitrogen and oxygen atoms in total. The summed E-state index contributed by atoms with van der Waals surface area (Å²) in [6.45, 7) is 2.41. The van der Waals surface area contributed by atoms with E-state index in [1.165, 1.54) is 4.90 Å². The number of carbonyl (C=O) groups is 1. The minimum atomic E-state index is -0.154. The molecule has 2 aromatic carbocycles. The molecule has 0 saturated carbocycles. The van der Waals surface area contributed by atoms with Gasteiger partial charge in [0.25, 0.3) is 11.5 Å². The highest BCUT2D eigenvalue weighted by Crippen LogP contribution is 2.27. The van der Waals surface area contributed by atoms with Crippen LogP contribution < -0.4 is 5.56 Å². The van der Waals surface area contributed by atoms with Crippen LogP contribution in [-0.2, 0) is 6.54 Å². The third kappa shape index (κ3) is 4.12. The summed E-state index contributed by atoms with van der Waals surface area (Å²) in [5.41, 5.74) is 3.68. The Kier molecular flexibility index (Phi) is 5.47. The van der Waals surface area contributed by atoms with Crippen molar-refractivity contribution >= 4 is 17.5 Å². The first-order chi connectivity index (χ1) is 12.9. The number of aryl methyl sites for hydroxylation is 1. The van der Waals surface area contributed by atoms with E-state index in [0.717, 1.165) is 11.3 Å². The monoisotopic (exact) mass is 380 g/mol. The lowest BCUT2D eigenvalue weighted by molar-refractivity contribution is 0.0828. The quantitative estimate of drug-likeness (QED) is 0.679. The molecule has 0 fully saturated rings. The number of benzene rings is 2. The molecular formula is C22H21ClN2O2. The van der Waals surface area contributed by atoms with Crippen LogP contribution in [0.25, 0.3) is 11.1 Å². The molecule has 27 heavy (non-hydrogen) atoms. The second-order valence-corrected chi connectivity index (χ2v) is 7.12. The molecule has 0 aliphatic carbocycles. The van der Waals surface area contributed by atoms with Crippen molar-refractivity contribution in [1.82, 2.24) is 9.47 Å². The van der Waals surface area contributed by atoms with Crippen molar-refractivity contribution < 1.29 is 4.79 Å². The van der Waals surface area contributed by atoms with Crippen LogP contribution in [0.1, 0.15) is 21.6 Å². The number of nitrogens with zero attached hydrogens (tertiary/aromatic N) is 2. The molecule has 0 atom stereocenters. The van der Waals surface area contributed by atoms with Gasteiger partial charge >= 0.3 is 0 Å². The molecule has 1 amide bonds. The molecule has 5 heteroatoms. The van der Waals surface area contributed by atoms with Crippen molar-refractivity contribution in [2.45, 2.75) is 13.5 Å². The van der Waals surface area contributed by atoms with Crippen LogP contribution in [-0.4, -0.2) is 29.5 Å². The molecule has 0 unspecified atom stereocenters. The van der Waals surface area contributed by atoms with Crippen LogP contribution in [0.4, 0.5) is 0 Å². The fourth-order valence-electron chi connectivity index (χ4n) is 3.04. The molecule has 0 saturated heterocycles. The molecule has 3 aromatic rings. The van der Waals surface area contributed by atoms with Gasteiger partial charge in [-0.1, -0.05) is 48.0 Å². The van der Waals surface area contributed by atoms with E-state index in [4.69, 9.17) is 11.6 Å². The first kappa shape index (κ1) is 18.9. The van der Waals surface area contributed by atoms with E-state index in [-0.39, 0.29) is 11.5 Å². The maximum Gasteiger partial charge on any atom is 0.254 e. The lowest BCUT2D eigenvalue weighted by Crippen LogP contribution is -2.24. The minimum absolute atomic E-state index is 0.105. The number of carbonyl (C=O) groups excluding carboxylic acids is 1. The molecule has 0 aliphatic rings. The number of hydrogen-bond acceptors (Lipinski definition) is 2. The summed E-state index contributed by atoms with van der Waals surface area (Å²) in [7, 11) is 3.38. The van der Waals surface area contributed by atoms with E-state index >= 15 is 0 Å². The average molecular weight is 381 g/mol. The molecule has 1 aromatic heterocycles. The fourth-order valence-corrected chi connectivity index (χ4v) is 3.21. The van der Waals surface area contributed by atoms with Crippen molar-refractivity contribution in [1.29, 1.82) is 0 Å². The summed E-state index contributed by atoms with van der Waals surface area (Å²) in [6, 6.07) is 18.5. The van der Waals surface area contributed by atoms with Crippen molar-refractivity contribution in [2.75, 3.05) is 14.1 Å². The fraction of sp³-hybridized carbons (Fsp3) is 0.182. The van der Waals surface area contributed by atoms with Crippen LogP contribution >= 0.6 is 11.6 Å². The summed E-state index contributed by atoms with van der Waals surface area (Å²) in [6.07, 6.45) is 0. The predicted octanol–water partition coefficient (Wildman–Crippen LogP) is 4.23. The molecule has 138 valence electrons. The number of amides is 1. The molecule has 3 rings (SSSR count). The Morgan fingerprint density at radius 1 is 1.04 bits per heavy atom. The van der Waals surface area contributed by atoms with Gasteiger partial charge in [0.1, 0.15) is 0 Å². The van der Waals surface area contributed by atoms with Gasteiger partial charge < -0.3 is 9.47 Å². The van der Waals surface area contributed by atoms with Crippen LogP contribution in [0.3, 0.4) is 0 Å². The number of rotatable bonds is 4. The third-order valence-corrected chi connectivity index (χ3v) is 4.68.